The third-order valence-corrected chi connectivity index (χ3v) is 6.18. The molecular formula is C25H35NO4. The third-order valence-electron chi connectivity index (χ3n) is 6.18. The third kappa shape index (κ3) is 6.97. The number of nitriles is 1. The van der Waals surface area contributed by atoms with Gasteiger partial charge < -0.3 is 15.3 Å². The van der Waals surface area contributed by atoms with E-state index in [0.29, 0.717) is 25.7 Å². The molecule has 2 rings (SSSR count). The first-order valence-corrected chi connectivity index (χ1v) is 11.2. The first kappa shape index (κ1) is 24.1. The molecule has 0 bridgehead atoms. The second kappa shape index (κ2) is 12.5. The van der Waals surface area contributed by atoms with E-state index in [4.69, 9.17) is 5.11 Å². The molecule has 3 N–H and O–H groups in total. The molecule has 1 aliphatic rings. The van der Waals surface area contributed by atoms with Gasteiger partial charge in [-0.1, -0.05) is 62.6 Å². The molecule has 0 spiro atoms. The maximum Gasteiger partial charge on any atom is 0.303 e. The van der Waals surface area contributed by atoms with Crippen LogP contribution in [0.25, 0.3) is 0 Å². The predicted octanol–water partition coefficient (Wildman–Crippen LogP) is 5.11. The molecule has 1 fully saturated rings. The van der Waals surface area contributed by atoms with Gasteiger partial charge in [-0.3, -0.25) is 4.79 Å². The van der Waals surface area contributed by atoms with Gasteiger partial charge in [0.1, 0.15) is 0 Å². The number of allylic oxidation sites excluding steroid dienone is 2. The topological polar surface area (TPSA) is 102 Å². The van der Waals surface area contributed by atoms with Gasteiger partial charge in [0, 0.05) is 12.3 Å². The molecule has 0 heterocycles. The van der Waals surface area contributed by atoms with E-state index in [0.717, 1.165) is 36.8 Å². The average Bonchev–Trinajstić information content (AvgIpc) is 3.05. The zero-order valence-corrected chi connectivity index (χ0v) is 17.9. The molecule has 1 aliphatic carbocycles. The number of aliphatic hydroxyl groups is 2. The maximum atomic E-state index is 10.6. The summed E-state index contributed by atoms with van der Waals surface area (Å²) in [6, 6.07) is 10.2. The lowest BCUT2D eigenvalue weighted by Gasteiger charge is -2.23. The van der Waals surface area contributed by atoms with Gasteiger partial charge in [-0.25, -0.2) is 0 Å². The van der Waals surface area contributed by atoms with Crippen LogP contribution in [0.2, 0.25) is 0 Å². The van der Waals surface area contributed by atoms with Crippen LogP contribution in [0.4, 0.5) is 0 Å². The van der Waals surface area contributed by atoms with Crippen LogP contribution in [-0.4, -0.2) is 27.4 Å². The minimum absolute atomic E-state index is 0.0288. The quantitative estimate of drug-likeness (QED) is 0.327. The lowest BCUT2D eigenvalue weighted by atomic mass is 9.82. The summed E-state index contributed by atoms with van der Waals surface area (Å²) < 4.78 is 0. The second-order valence-electron chi connectivity index (χ2n) is 8.40. The molecule has 5 nitrogen and oxygen atoms in total. The van der Waals surface area contributed by atoms with E-state index in [2.05, 4.69) is 13.0 Å². The molecule has 1 aromatic carbocycles. The van der Waals surface area contributed by atoms with Gasteiger partial charge in [-0.05, 0) is 49.1 Å². The highest BCUT2D eigenvalue weighted by Gasteiger charge is 2.42. The van der Waals surface area contributed by atoms with Gasteiger partial charge in [-0.2, -0.15) is 5.26 Å². The van der Waals surface area contributed by atoms with E-state index in [9.17, 15) is 20.3 Å². The van der Waals surface area contributed by atoms with Crippen LogP contribution in [0, 0.1) is 23.2 Å². The predicted molar refractivity (Wildman–Crippen MR) is 117 cm³/mol. The number of carbonyl (C=O) groups is 1. The Kier molecular flexibility index (Phi) is 10.1. The first-order chi connectivity index (χ1) is 14.5. The van der Waals surface area contributed by atoms with Gasteiger partial charge in [-0.15, -0.1) is 0 Å². The Labute approximate surface area is 180 Å². The van der Waals surface area contributed by atoms with Gasteiger partial charge in [0.15, 0.2) is 0 Å². The molecule has 0 aromatic heterocycles. The fourth-order valence-corrected chi connectivity index (χ4v) is 4.48. The van der Waals surface area contributed by atoms with Crippen LogP contribution < -0.4 is 0 Å². The number of carboxylic acids is 1. The maximum absolute atomic E-state index is 10.6. The van der Waals surface area contributed by atoms with Crippen LogP contribution in [0.3, 0.4) is 0 Å². The zero-order valence-electron chi connectivity index (χ0n) is 17.9. The van der Waals surface area contributed by atoms with Crippen molar-refractivity contribution in [2.45, 2.75) is 82.8 Å². The smallest absolute Gasteiger partial charge is 0.303 e. The highest BCUT2D eigenvalue weighted by Crippen LogP contribution is 2.45. The van der Waals surface area contributed by atoms with Gasteiger partial charge >= 0.3 is 5.97 Å². The normalized spacial score (nSPS) is 24.7. The number of carboxylic acid groups (broad SMARTS) is 1. The Morgan fingerprint density at radius 1 is 1.23 bits per heavy atom. The standard InChI is InChI=1S/C25H35NO4/c1-2-3-6-10-22(27)18-12-14-19(15-13-18)25-21(20(17-26)16-23(25)28)9-7-4-5-8-11-24(29)30/h4,7,12-15,20-23,25,27-28H,2-3,5-6,8-11,16H2,1H3,(H,29,30)/b7-4-/t20-,21?,22-,23+,25+/m0/s1. The van der Waals surface area contributed by atoms with Crippen molar-refractivity contribution in [3.05, 3.63) is 47.5 Å². The molecule has 30 heavy (non-hydrogen) atoms. The van der Waals surface area contributed by atoms with Gasteiger partial charge in [0.05, 0.1) is 24.2 Å². The molecule has 1 unspecified atom stereocenters. The number of aliphatic hydroxyl groups excluding tert-OH is 2. The first-order valence-electron chi connectivity index (χ1n) is 11.2. The van der Waals surface area contributed by atoms with E-state index in [1.54, 1.807) is 0 Å². The average molecular weight is 414 g/mol. The minimum atomic E-state index is -0.786. The van der Waals surface area contributed by atoms with Gasteiger partial charge in [0.25, 0.3) is 0 Å². The number of aliphatic carboxylic acids is 1. The number of rotatable bonds is 12. The Bertz CT molecular complexity index is 722. The summed E-state index contributed by atoms with van der Waals surface area (Å²) in [5.74, 6) is -1.07. The van der Waals surface area contributed by atoms with Crippen LogP contribution in [0.1, 0.15) is 87.9 Å². The molecule has 5 atom stereocenters. The van der Waals surface area contributed by atoms with Crippen LogP contribution in [0.15, 0.2) is 36.4 Å². The number of hydrogen-bond acceptors (Lipinski definition) is 4. The molecule has 5 heteroatoms. The number of benzene rings is 1. The largest absolute Gasteiger partial charge is 0.481 e. The molecular weight excluding hydrogens is 378 g/mol. The van der Waals surface area contributed by atoms with E-state index in [1.807, 2.05) is 36.4 Å². The molecule has 0 aliphatic heterocycles. The Balaban J connectivity index is 2.02. The highest BCUT2D eigenvalue weighted by atomic mass is 16.4. The van der Waals surface area contributed by atoms with Crippen LogP contribution >= 0.6 is 0 Å². The van der Waals surface area contributed by atoms with E-state index < -0.39 is 18.2 Å². The molecule has 0 radical (unpaired) electrons. The van der Waals surface area contributed by atoms with E-state index in [1.165, 1.54) is 0 Å². The fraction of sp³-hybridized carbons (Fsp3) is 0.600. The zero-order chi connectivity index (χ0) is 21.9. The summed E-state index contributed by atoms with van der Waals surface area (Å²) in [7, 11) is 0. The highest BCUT2D eigenvalue weighted by molar-refractivity contribution is 5.66. The van der Waals surface area contributed by atoms with Crippen LogP contribution in [0.5, 0.6) is 0 Å². The second-order valence-corrected chi connectivity index (χ2v) is 8.40. The van der Waals surface area contributed by atoms with Crippen molar-refractivity contribution in [3.8, 4) is 6.07 Å². The molecule has 0 amide bonds. The molecule has 1 aromatic rings. The van der Waals surface area contributed by atoms with Crippen molar-refractivity contribution in [2.24, 2.45) is 11.8 Å². The Morgan fingerprint density at radius 2 is 1.97 bits per heavy atom. The number of unbranched alkanes of at least 4 members (excludes halogenated alkanes) is 3. The molecule has 164 valence electrons. The van der Waals surface area contributed by atoms with Crippen molar-refractivity contribution >= 4 is 5.97 Å². The van der Waals surface area contributed by atoms with Crippen molar-refractivity contribution in [1.82, 2.24) is 0 Å². The van der Waals surface area contributed by atoms with Crippen molar-refractivity contribution in [3.63, 3.8) is 0 Å². The van der Waals surface area contributed by atoms with Gasteiger partial charge in [0.2, 0.25) is 0 Å². The summed E-state index contributed by atoms with van der Waals surface area (Å²) >= 11 is 0. The summed E-state index contributed by atoms with van der Waals surface area (Å²) in [4.78, 5) is 10.6. The molecule has 1 saturated carbocycles. The lowest BCUT2D eigenvalue weighted by molar-refractivity contribution is -0.137. The minimum Gasteiger partial charge on any atom is -0.481 e. The fourth-order valence-electron chi connectivity index (χ4n) is 4.48. The van der Waals surface area contributed by atoms with Crippen LogP contribution in [-0.2, 0) is 4.79 Å². The Hall–Kier alpha value is -2.16. The molecule has 0 saturated heterocycles. The SMILES string of the molecule is CCCCC[C@H](O)c1ccc([C@@H]2C(C/C=C\CCCC(=O)O)[C@H](C#N)C[C@H]2O)cc1. The lowest BCUT2D eigenvalue weighted by Crippen LogP contribution is -2.18. The Morgan fingerprint density at radius 3 is 2.60 bits per heavy atom. The number of nitrogens with zero attached hydrogens (tertiary/aromatic N) is 1. The summed E-state index contributed by atoms with van der Waals surface area (Å²) in [5.41, 5.74) is 1.91. The number of hydrogen-bond donors (Lipinski definition) is 3. The summed E-state index contributed by atoms with van der Waals surface area (Å²) in [6.45, 7) is 2.14. The van der Waals surface area contributed by atoms with E-state index in [-0.39, 0.29) is 24.2 Å². The summed E-state index contributed by atoms with van der Waals surface area (Å²) in [6.07, 6.45) is 9.61. The summed E-state index contributed by atoms with van der Waals surface area (Å²) in [5, 5.41) is 39.3. The van der Waals surface area contributed by atoms with Crippen molar-refractivity contribution < 1.29 is 20.1 Å². The van der Waals surface area contributed by atoms with Crippen molar-refractivity contribution in [2.75, 3.05) is 0 Å². The van der Waals surface area contributed by atoms with E-state index >= 15 is 0 Å². The van der Waals surface area contributed by atoms with Crippen molar-refractivity contribution in [1.29, 1.82) is 5.26 Å². The monoisotopic (exact) mass is 413 g/mol.